The van der Waals surface area contributed by atoms with Crippen molar-refractivity contribution in [3.63, 3.8) is 0 Å². The molecule has 0 amide bonds. The van der Waals surface area contributed by atoms with Crippen LogP contribution < -0.4 is 10.7 Å². The van der Waals surface area contributed by atoms with Crippen molar-refractivity contribution in [2.45, 2.75) is 45.4 Å². The maximum atomic E-state index is 13.3. The van der Waals surface area contributed by atoms with Crippen molar-refractivity contribution in [1.29, 1.82) is 0 Å². The van der Waals surface area contributed by atoms with E-state index in [1.807, 2.05) is 35.3 Å². The predicted molar refractivity (Wildman–Crippen MR) is 116 cm³/mol. The van der Waals surface area contributed by atoms with Gasteiger partial charge in [-0.3, -0.25) is 10.1 Å². The van der Waals surface area contributed by atoms with Gasteiger partial charge in [0, 0.05) is 5.56 Å². The second-order valence-corrected chi connectivity index (χ2v) is 7.83. The first-order valence-corrected chi connectivity index (χ1v) is 10.5. The number of aryl methyl sites for hydroxylation is 2. The summed E-state index contributed by atoms with van der Waals surface area (Å²) in [5.41, 5.74) is 7.32. The molecule has 7 nitrogen and oxygen atoms in total. The number of ketones is 1. The minimum absolute atomic E-state index is 0.0115. The van der Waals surface area contributed by atoms with Crippen LogP contribution >= 0.6 is 0 Å². The van der Waals surface area contributed by atoms with Gasteiger partial charge in [0.05, 0.1) is 24.9 Å². The van der Waals surface area contributed by atoms with Crippen molar-refractivity contribution in [3.05, 3.63) is 82.7 Å². The van der Waals surface area contributed by atoms with Crippen LogP contribution in [-0.2, 0) is 9.47 Å². The molecule has 162 valence electrons. The van der Waals surface area contributed by atoms with Gasteiger partial charge < -0.3 is 14.9 Å². The summed E-state index contributed by atoms with van der Waals surface area (Å²) in [5, 5.41) is 5.34. The van der Waals surface area contributed by atoms with E-state index in [1.165, 1.54) is 5.56 Å². The molecule has 0 saturated carbocycles. The molecular weight excluding hydrogens is 394 g/mol. The number of hydrazine groups is 1. The van der Waals surface area contributed by atoms with E-state index >= 15 is 0 Å². The van der Waals surface area contributed by atoms with Crippen molar-refractivity contribution in [2.75, 3.05) is 6.61 Å². The third-order valence-corrected chi connectivity index (χ3v) is 5.68. The molecule has 0 bridgehead atoms. The first-order valence-electron chi connectivity index (χ1n) is 10.5. The van der Waals surface area contributed by atoms with Gasteiger partial charge in [-0.2, -0.15) is 5.01 Å². The first-order chi connectivity index (χ1) is 15.0. The van der Waals surface area contributed by atoms with Crippen LogP contribution in [0.4, 0.5) is 4.79 Å². The van der Waals surface area contributed by atoms with E-state index in [-0.39, 0.29) is 18.4 Å². The molecule has 3 atom stereocenters. The molecule has 2 N–H and O–H groups in total. The Morgan fingerprint density at radius 2 is 1.90 bits per heavy atom. The van der Waals surface area contributed by atoms with Crippen LogP contribution in [0.3, 0.4) is 0 Å². The Morgan fingerprint density at radius 1 is 1.13 bits per heavy atom. The highest BCUT2D eigenvalue weighted by atomic mass is 16.7. The number of rotatable bonds is 5. The van der Waals surface area contributed by atoms with Crippen LogP contribution in [0, 0.1) is 13.8 Å². The van der Waals surface area contributed by atoms with Crippen LogP contribution in [0.25, 0.3) is 0 Å². The fourth-order valence-electron chi connectivity index (χ4n) is 4.25. The normalized spacial score (nSPS) is 22.8. The molecular formula is C24H27N3O4. The maximum Gasteiger partial charge on any atom is 0.513 e. The van der Waals surface area contributed by atoms with Crippen molar-refractivity contribution in [1.82, 2.24) is 15.8 Å². The summed E-state index contributed by atoms with van der Waals surface area (Å²) in [6.45, 7) is 6.08. The molecule has 2 heterocycles. The molecule has 3 unspecified atom stereocenters. The molecule has 2 aliphatic rings. The molecule has 0 aromatic heterocycles. The SMILES string of the molecule is CCOC(=O)OC1=CNN2C1NC(C(=O)c1ccccc1)CC2c1ccc(C)cc1C. The smallest absolute Gasteiger partial charge is 0.434 e. The number of ether oxygens (including phenoxy) is 2. The summed E-state index contributed by atoms with van der Waals surface area (Å²) in [7, 11) is 0. The predicted octanol–water partition coefficient (Wildman–Crippen LogP) is 3.75. The average molecular weight is 421 g/mol. The Balaban J connectivity index is 1.65. The van der Waals surface area contributed by atoms with Gasteiger partial charge in [0.1, 0.15) is 6.17 Å². The van der Waals surface area contributed by atoms with Gasteiger partial charge in [-0.1, -0.05) is 54.1 Å². The highest BCUT2D eigenvalue weighted by Crippen LogP contribution is 2.36. The fraction of sp³-hybridized carbons (Fsp3) is 0.333. The number of nitrogens with one attached hydrogen (secondary N) is 2. The standard InChI is InChI=1S/C24H27N3O4/c1-4-30-24(29)31-21-14-25-27-20(18-11-10-15(2)12-16(18)3)13-19(26-23(21)27)22(28)17-8-6-5-7-9-17/h5-12,14,19-20,23,25-26H,4,13H2,1-3H3. The molecule has 0 radical (unpaired) electrons. The molecule has 0 aliphatic carbocycles. The van der Waals surface area contributed by atoms with Gasteiger partial charge in [0.25, 0.3) is 0 Å². The van der Waals surface area contributed by atoms with Gasteiger partial charge in [0.2, 0.25) is 0 Å². The summed E-state index contributed by atoms with van der Waals surface area (Å²) in [5.74, 6) is 0.385. The Bertz CT molecular complexity index is 1010. The zero-order valence-corrected chi connectivity index (χ0v) is 17.9. The highest BCUT2D eigenvalue weighted by Gasteiger charge is 2.44. The summed E-state index contributed by atoms with van der Waals surface area (Å²) >= 11 is 0. The summed E-state index contributed by atoms with van der Waals surface area (Å²) in [6.07, 6.45) is 0.961. The summed E-state index contributed by atoms with van der Waals surface area (Å²) in [4.78, 5) is 25.2. The van der Waals surface area contributed by atoms with Crippen molar-refractivity contribution >= 4 is 11.9 Å². The molecule has 7 heteroatoms. The zero-order valence-electron chi connectivity index (χ0n) is 17.9. The molecule has 31 heavy (non-hydrogen) atoms. The number of hydrogen-bond acceptors (Lipinski definition) is 7. The van der Waals surface area contributed by atoms with Crippen LogP contribution in [0.5, 0.6) is 0 Å². The second-order valence-electron chi connectivity index (χ2n) is 7.83. The number of fused-ring (bicyclic) bond motifs is 1. The van der Waals surface area contributed by atoms with Crippen LogP contribution in [0.15, 0.2) is 60.5 Å². The maximum absolute atomic E-state index is 13.3. The lowest BCUT2D eigenvalue weighted by Crippen LogP contribution is -2.60. The minimum Gasteiger partial charge on any atom is -0.434 e. The lowest BCUT2D eigenvalue weighted by Gasteiger charge is -2.42. The Labute approximate surface area is 182 Å². The van der Waals surface area contributed by atoms with E-state index < -0.39 is 18.4 Å². The number of carbonyl (C=O) groups excluding carboxylic acids is 2. The number of Topliss-reactive ketones (excluding diaryl/α,β-unsaturated/α-hetero) is 1. The molecule has 0 spiro atoms. The van der Waals surface area contributed by atoms with Gasteiger partial charge in [-0.05, 0) is 38.3 Å². The lowest BCUT2D eigenvalue weighted by molar-refractivity contribution is 0.0192. The summed E-state index contributed by atoms with van der Waals surface area (Å²) < 4.78 is 10.3. The molecule has 2 aliphatic heterocycles. The molecule has 4 rings (SSSR count). The highest BCUT2D eigenvalue weighted by molar-refractivity contribution is 6.00. The number of hydrogen-bond donors (Lipinski definition) is 2. The second kappa shape index (κ2) is 8.91. The van der Waals surface area contributed by atoms with Crippen LogP contribution in [-0.4, -0.2) is 35.8 Å². The Morgan fingerprint density at radius 3 is 2.61 bits per heavy atom. The third kappa shape index (κ3) is 4.33. The van der Waals surface area contributed by atoms with Crippen LogP contribution in [0.1, 0.15) is 46.4 Å². The topological polar surface area (TPSA) is 79.9 Å². The van der Waals surface area contributed by atoms with Crippen LogP contribution in [0.2, 0.25) is 0 Å². The van der Waals surface area contributed by atoms with E-state index in [0.717, 1.165) is 11.1 Å². The Hall–Kier alpha value is -3.16. The van der Waals surface area contributed by atoms with Gasteiger partial charge in [-0.15, -0.1) is 0 Å². The Kier molecular flexibility index (Phi) is 6.06. The largest absolute Gasteiger partial charge is 0.513 e. The quantitative estimate of drug-likeness (QED) is 0.562. The lowest BCUT2D eigenvalue weighted by atomic mass is 9.88. The summed E-state index contributed by atoms with van der Waals surface area (Å²) in [6, 6.07) is 15.0. The number of carbonyl (C=O) groups is 2. The number of nitrogens with zero attached hydrogens (tertiary/aromatic N) is 1. The minimum atomic E-state index is -0.765. The van der Waals surface area contributed by atoms with Crippen molar-refractivity contribution < 1.29 is 19.1 Å². The first kappa shape index (κ1) is 21.1. The van der Waals surface area contributed by atoms with Gasteiger partial charge in [-0.25, -0.2) is 4.79 Å². The van der Waals surface area contributed by atoms with Crippen molar-refractivity contribution in [3.8, 4) is 0 Å². The van der Waals surface area contributed by atoms with E-state index in [1.54, 1.807) is 13.1 Å². The van der Waals surface area contributed by atoms with Gasteiger partial charge >= 0.3 is 6.16 Å². The molecule has 1 fully saturated rings. The van der Waals surface area contributed by atoms with Gasteiger partial charge in [0.15, 0.2) is 11.5 Å². The van der Waals surface area contributed by atoms with E-state index in [9.17, 15) is 9.59 Å². The fourth-order valence-corrected chi connectivity index (χ4v) is 4.25. The molecule has 2 aromatic carbocycles. The monoisotopic (exact) mass is 421 g/mol. The zero-order chi connectivity index (χ0) is 22.0. The molecule has 2 aromatic rings. The van der Waals surface area contributed by atoms with E-state index in [0.29, 0.717) is 17.7 Å². The molecule has 1 saturated heterocycles. The van der Waals surface area contributed by atoms with E-state index in [2.05, 4.69) is 42.8 Å². The third-order valence-electron chi connectivity index (χ3n) is 5.68. The average Bonchev–Trinajstić information content (AvgIpc) is 3.16. The van der Waals surface area contributed by atoms with Crippen molar-refractivity contribution in [2.24, 2.45) is 0 Å². The number of benzene rings is 2. The van der Waals surface area contributed by atoms with E-state index in [4.69, 9.17) is 9.47 Å².